The second-order valence-electron chi connectivity index (χ2n) is 11.2. The number of hydrogen-bond acceptors (Lipinski definition) is 9. The first-order valence-electron chi connectivity index (χ1n) is 13.3. The van der Waals surface area contributed by atoms with Crippen molar-refractivity contribution in [2.45, 2.75) is 50.9 Å². The molecule has 1 aromatic carbocycles. The van der Waals surface area contributed by atoms with Crippen molar-refractivity contribution in [3.8, 4) is 17.1 Å². The molecule has 1 aliphatic heterocycles. The Kier molecular flexibility index (Phi) is 7.45. The molecule has 214 valence electrons. The SMILES string of the molecule is Cn1cc(-n2ccc(=O)c(Cc3cccc(-c4ncc([C@]5(O)CCN(C(=O)OC(C)(C)C)C[C@@H]5O)cn4)c3)n2)cn1. The van der Waals surface area contributed by atoms with Crippen LogP contribution in [0.1, 0.15) is 44.0 Å². The number of amides is 1. The van der Waals surface area contributed by atoms with Gasteiger partial charge >= 0.3 is 6.09 Å². The number of ether oxygens (including phenoxy) is 1. The van der Waals surface area contributed by atoms with Gasteiger partial charge < -0.3 is 19.8 Å². The van der Waals surface area contributed by atoms with E-state index < -0.39 is 23.4 Å². The van der Waals surface area contributed by atoms with Gasteiger partial charge in [0.2, 0.25) is 5.43 Å². The van der Waals surface area contributed by atoms with Crippen molar-refractivity contribution in [2.75, 3.05) is 13.1 Å². The number of aliphatic hydroxyl groups excluding tert-OH is 1. The standard InChI is InChI=1S/C29H33N7O5/c1-28(2,3)41-27(39)35-11-9-29(40,25(38)18-35)21-14-30-26(31-15-21)20-7-5-6-19(12-20)13-23-24(37)8-10-36(33-23)22-16-32-34(4)17-22/h5-8,10,12,14-17,25,38,40H,9,11,13,18H2,1-4H3/t25-,29+/m0/s1. The molecule has 1 amide bonds. The molecular formula is C29H33N7O5. The summed E-state index contributed by atoms with van der Waals surface area (Å²) in [7, 11) is 1.81. The fourth-order valence-electron chi connectivity index (χ4n) is 4.71. The van der Waals surface area contributed by atoms with Gasteiger partial charge in [-0.1, -0.05) is 18.2 Å². The highest BCUT2D eigenvalue weighted by Gasteiger charge is 2.44. The molecule has 12 heteroatoms. The minimum Gasteiger partial charge on any atom is -0.444 e. The average Bonchev–Trinajstić information content (AvgIpc) is 3.37. The molecule has 0 unspecified atom stereocenters. The topological polar surface area (TPSA) is 148 Å². The summed E-state index contributed by atoms with van der Waals surface area (Å²) in [6, 6.07) is 8.98. The highest BCUT2D eigenvalue weighted by Crippen LogP contribution is 2.33. The van der Waals surface area contributed by atoms with Crippen LogP contribution in [0.2, 0.25) is 0 Å². The predicted molar refractivity (Wildman–Crippen MR) is 149 cm³/mol. The second-order valence-corrected chi connectivity index (χ2v) is 11.2. The Labute approximate surface area is 236 Å². The Hall–Kier alpha value is -4.42. The van der Waals surface area contributed by atoms with Crippen LogP contribution in [0.4, 0.5) is 4.79 Å². The Morgan fingerprint density at radius 2 is 1.93 bits per heavy atom. The zero-order chi connectivity index (χ0) is 29.4. The van der Waals surface area contributed by atoms with Crippen LogP contribution in [0.5, 0.6) is 0 Å². The first-order chi connectivity index (χ1) is 19.4. The van der Waals surface area contributed by atoms with Gasteiger partial charge in [-0.15, -0.1) is 0 Å². The van der Waals surface area contributed by atoms with Gasteiger partial charge in [0.25, 0.3) is 0 Å². The summed E-state index contributed by atoms with van der Waals surface area (Å²) in [6.45, 7) is 5.45. The molecule has 4 heterocycles. The van der Waals surface area contributed by atoms with E-state index in [2.05, 4.69) is 20.2 Å². The molecule has 0 spiro atoms. The third kappa shape index (κ3) is 6.18. The number of nitrogens with zero attached hydrogens (tertiary/aromatic N) is 7. The summed E-state index contributed by atoms with van der Waals surface area (Å²) in [5.74, 6) is 0.425. The highest BCUT2D eigenvalue weighted by atomic mass is 16.6. The maximum absolute atomic E-state index is 12.5. The van der Waals surface area contributed by atoms with Crippen LogP contribution in [0.25, 0.3) is 17.1 Å². The third-order valence-corrected chi connectivity index (χ3v) is 6.90. The van der Waals surface area contributed by atoms with E-state index in [9.17, 15) is 19.8 Å². The molecule has 5 rings (SSSR count). The van der Waals surface area contributed by atoms with Crippen molar-refractivity contribution >= 4 is 6.09 Å². The Bertz CT molecular complexity index is 1610. The molecule has 41 heavy (non-hydrogen) atoms. The minimum atomic E-state index is -1.61. The lowest BCUT2D eigenvalue weighted by Crippen LogP contribution is -2.55. The summed E-state index contributed by atoms with van der Waals surface area (Å²) in [5.41, 5.74) is 0.646. The first-order valence-corrected chi connectivity index (χ1v) is 13.3. The van der Waals surface area contributed by atoms with E-state index in [1.807, 2.05) is 37.5 Å². The van der Waals surface area contributed by atoms with E-state index in [1.165, 1.54) is 23.4 Å². The number of β-amino-alcohol motifs (C(OH)–C–C–N with tert-alkyl or cyclic N) is 1. The van der Waals surface area contributed by atoms with Crippen molar-refractivity contribution in [3.63, 3.8) is 0 Å². The largest absolute Gasteiger partial charge is 0.444 e. The quantitative estimate of drug-likeness (QED) is 0.375. The maximum atomic E-state index is 12.5. The Morgan fingerprint density at radius 1 is 1.17 bits per heavy atom. The van der Waals surface area contributed by atoms with Gasteiger partial charge in [-0.2, -0.15) is 10.2 Å². The lowest BCUT2D eigenvalue weighted by atomic mass is 9.83. The summed E-state index contributed by atoms with van der Waals surface area (Å²) < 4.78 is 8.67. The number of likely N-dealkylation sites (tertiary alicyclic amines) is 1. The lowest BCUT2D eigenvalue weighted by molar-refractivity contribution is -0.123. The predicted octanol–water partition coefficient (Wildman–Crippen LogP) is 2.20. The highest BCUT2D eigenvalue weighted by molar-refractivity contribution is 5.68. The Balaban J connectivity index is 1.30. The molecule has 3 aromatic heterocycles. The van der Waals surface area contributed by atoms with Crippen molar-refractivity contribution in [1.29, 1.82) is 0 Å². The number of benzene rings is 1. The van der Waals surface area contributed by atoms with Gasteiger partial charge in [-0.25, -0.2) is 19.4 Å². The number of carbonyl (C=O) groups excluding carboxylic acids is 1. The lowest BCUT2D eigenvalue weighted by Gasteiger charge is -2.42. The molecule has 0 bridgehead atoms. The number of piperidine rings is 1. The third-order valence-electron chi connectivity index (χ3n) is 6.90. The van der Waals surface area contributed by atoms with Crippen LogP contribution >= 0.6 is 0 Å². The van der Waals surface area contributed by atoms with Crippen molar-refractivity contribution in [2.24, 2.45) is 7.05 Å². The maximum Gasteiger partial charge on any atom is 0.410 e. The van der Waals surface area contributed by atoms with E-state index in [0.717, 1.165) is 16.8 Å². The second kappa shape index (κ2) is 10.9. The van der Waals surface area contributed by atoms with Crippen molar-refractivity contribution in [1.82, 2.24) is 34.4 Å². The summed E-state index contributed by atoms with van der Waals surface area (Å²) in [6.07, 6.45) is 6.71. The van der Waals surface area contributed by atoms with Crippen LogP contribution in [0, 0.1) is 0 Å². The summed E-state index contributed by atoms with van der Waals surface area (Å²) >= 11 is 0. The monoisotopic (exact) mass is 559 g/mol. The van der Waals surface area contributed by atoms with E-state index in [0.29, 0.717) is 23.5 Å². The van der Waals surface area contributed by atoms with Gasteiger partial charge in [0.05, 0.1) is 18.9 Å². The normalized spacial score (nSPS) is 19.3. The molecule has 1 saturated heterocycles. The molecule has 0 radical (unpaired) electrons. The van der Waals surface area contributed by atoms with Gasteiger partial charge in [0.1, 0.15) is 28.7 Å². The fourth-order valence-corrected chi connectivity index (χ4v) is 4.71. The zero-order valence-electron chi connectivity index (χ0n) is 23.4. The van der Waals surface area contributed by atoms with Crippen LogP contribution in [-0.2, 0) is 23.8 Å². The molecule has 0 saturated carbocycles. The van der Waals surface area contributed by atoms with Gasteiger partial charge in [-0.3, -0.25) is 9.48 Å². The molecule has 12 nitrogen and oxygen atoms in total. The Morgan fingerprint density at radius 3 is 2.59 bits per heavy atom. The van der Waals surface area contributed by atoms with Crippen LogP contribution in [-0.4, -0.2) is 75.5 Å². The number of hydrogen-bond donors (Lipinski definition) is 2. The van der Waals surface area contributed by atoms with E-state index in [1.54, 1.807) is 42.5 Å². The van der Waals surface area contributed by atoms with Crippen LogP contribution in [0.15, 0.2) is 66.1 Å². The van der Waals surface area contributed by atoms with Gasteiger partial charge in [0.15, 0.2) is 5.82 Å². The number of carbonyl (C=O) groups is 1. The fraction of sp³-hybridized carbons (Fsp3) is 0.379. The van der Waals surface area contributed by atoms with Crippen LogP contribution < -0.4 is 5.43 Å². The minimum absolute atomic E-state index is 0.0782. The zero-order valence-corrected chi connectivity index (χ0v) is 23.4. The van der Waals surface area contributed by atoms with Gasteiger partial charge in [0, 0.05) is 62.2 Å². The smallest absolute Gasteiger partial charge is 0.410 e. The number of rotatable bonds is 5. The van der Waals surface area contributed by atoms with Gasteiger partial charge in [-0.05, 0) is 32.4 Å². The average molecular weight is 560 g/mol. The number of aliphatic hydroxyl groups is 2. The first kappa shape index (κ1) is 28.1. The van der Waals surface area contributed by atoms with E-state index >= 15 is 0 Å². The van der Waals surface area contributed by atoms with Crippen molar-refractivity contribution < 1.29 is 19.7 Å². The molecule has 1 fully saturated rings. The van der Waals surface area contributed by atoms with Crippen molar-refractivity contribution in [3.05, 3.63) is 88.4 Å². The number of aryl methyl sites for hydroxylation is 1. The number of aromatic nitrogens is 6. The molecule has 2 N–H and O–H groups in total. The molecular weight excluding hydrogens is 526 g/mol. The molecule has 2 atom stereocenters. The van der Waals surface area contributed by atoms with Crippen LogP contribution in [0.3, 0.4) is 0 Å². The molecule has 0 aliphatic carbocycles. The molecule has 1 aliphatic rings. The molecule has 4 aromatic rings. The van der Waals surface area contributed by atoms with E-state index in [-0.39, 0.29) is 24.9 Å². The summed E-state index contributed by atoms with van der Waals surface area (Å²) in [4.78, 5) is 35.2. The summed E-state index contributed by atoms with van der Waals surface area (Å²) in [5, 5.41) is 30.7. The van der Waals surface area contributed by atoms with E-state index in [4.69, 9.17) is 4.74 Å².